The first-order valence-electron chi connectivity index (χ1n) is 4.49. The molecule has 82 valence electrons. The van der Waals surface area contributed by atoms with Gasteiger partial charge in [-0.25, -0.2) is 0 Å². The molecule has 2 rings (SSSR count). The fraction of sp³-hybridized carbons (Fsp3) is 0. The van der Waals surface area contributed by atoms with Gasteiger partial charge in [-0.05, 0) is 34.1 Å². The minimum Gasteiger partial charge on any atom is -0.409 e. The van der Waals surface area contributed by atoms with Crippen LogP contribution in [0.15, 0.2) is 46.4 Å². The van der Waals surface area contributed by atoms with E-state index in [2.05, 4.69) is 26.1 Å². The third-order valence-corrected chi connectivity index (χ3v) is 2.74. The summed E-state index contributed by atoms with van der Waals surface area (Å²) in [6, 6.07) is 5.42. The van der Waals surface area contributed by atoms with Gasteiger partial charge in [-0.3, -0.25) is 4.98 Å². The summed E-state index contributed by atoms with van der Waals surface area (Å²) >= 11 is 3.40. The molecular formula is C10H9BrN4O. The first-order valence-corrected chi connectivity index (χ1v) is 5.28. The molecule has 0 spiro atoms. The van der Waals surface area contributed by atoms with Crippen molar-refractivity contribution < 1.29 is 5.21 Å². The zero-order chi connectivity index (χ0) is 11.5. The van der Waals surface area contributed by atoms with E-state index in [4.69, 9.17) is 10.9 Å². The van der Waals surface area contributed by atoms with E-state index >= 15 is 0 Å². The zero-order valence-electron chi connectivity index (χ0n) is 8.21. The summed E-state index contributed by atoms with van der Waals surface area (Å²) in [5, 5.41) is 11.7. The van der Waals surface area contributed by atoms with Crippen molar-refractivity contribution in [3.8, 4) is 5.69 Å². The summed E-state index contributed by atoms with van der Waals surface area (Å²) < 4.78 is 2.64. The molecule has 0 saturated carbocycles. The van der Waals surface area contributed by atoms with E-state index in [1.54, 1.807) is 23.0 Å². The normalized spacial score (nSPS) is 11.7. The molecule has 0 aliphatic heterocycles. The van der Waals surface area contributed by atoms with E-state index in [-0.39, 0.29) is 5.84 Å². The minimum atomic E-state index is 0.0636. The van der Waals surface area contributed by atoms with E-state index in [1.807, 2.05) is 18.3 Å². The highest BCUT2D eigenvalue weighted by Gasteiger charge is 2.09. The summed E-state index contributed by atoms with van der Waals surface area (Å²) in [4.78, 5) is 3.98. The van der Waals surface area contributed by atoms with Crippen molar-refractivity contribution in [2.75, 3.05) is 0 Å². The summed E-state index contributed by atoms with van der Waals surface area (Å²) in [6.07, 6.45) is 5.19. The van der Waals surface area contributed by atoms with Gasteiger partial charge in [-0.2, -0.15) is 0 Å². The van der Waals surface area contributed by atoms with E-state index in [9.17, 15) is 0 Å². The van der Waals surface area contributed by atoms with Crippen LogP contribution in [0, 0.1) is 0 Å². The predicted molar refractivity (Wildman–Crippen MR) is 63.8 cm³/mol. The summed E-state index contributed by atoms with van der Waals surface area (Å²) in [5.41, 5.74) is 7.07. The number of hydrogen-bond donors (Lipinski definition) is 2. The average molecular weight is 281 g/mol. The highest BCUT2D eigenvalue weighted by atomic mass is 79.9. The molecule has 0 fully saturated rings. The Morgan fingerprint density at radius 2 is 2.31 bits per heavy atom. The van der Waals surface area contributed by atoms with E-state index in [0.29, 0.717) is 5.69 Å². The lowest BCUT2D eigenvalue weighted by molar-refractivity contribution is 0.318. The maximum absolute atomic E-state index is 8.67. The van der Waals surface area contributed by atoms with Gasteiger partial charge >= 0.3 is 0 Å². The number of halogens is 1. The lowest BCUT2D eigenvalue weighted by Gasteiger charge is -2.09. The van der Waals surface area contributed by atoms with Crippen molar-refractivity contribution in [3.05, 3.63) is 47.0 Å². The Kier molecular flexibility index (Phi) is 2.91. The Hall–Kier alpha value is -1.82. The van der Waals surface area contributed by atoms with Crippen LogP contribution in [0.5, 0.6) is 0 Å². The van der Waals surface area contributed by atoms with Crippen LogP contribution in [0.4, 0.5) is 0 Å². The molecule has 0 bridgehead atoms. The fourth-order valence-corrected chi connectivity index (χ4v) is 1.86. The van der Waals surface area contributed by atoms with Crippen molar-refractivity contribution in [2.45, 2.75) is 0 Å². The molecule has 0 aliphatic rings. The lowest BCUT2D eigenvalue weighted by Crippen LogP contribution is -2.17. The third kappa shape index (κ3) is 1.79. The lowest BCUT2D eigenvalue weighted by atomic mass is 10.3. The Labute approximate surface area is 100 Å². The van der Waals surface area contributed by atoms with Crippen molar-refractivity contribution in [2.24, 2.45) is 10.9 Å². The van der Waals surface area contributed by atoms with Crippen LogP contribution in [-0.2, 0) is 0 Å². The molecule has 0 atom stereocenters. The second-order valence-corrected chi connectivity index (χ2v) is 3.93. The van der Waals surface area contributed by atoms with Crippen molar-refractivity contribution in [3.63, 3.8) is 0 Å². The van der Waals surface area contributed by atoms with Crippen LogP contribution in [0.25, 0.3) is 5.69 Å². The van der Waals surface area contributed by atoms with Crippen molar-refractivity contribution in [1.82, 2.24) is 9.55 Å². The van der Waals surface area contributed by atoms with Crippen LogP contribution in [-0.4, -0.2) is 20.6 Å². The van der Waals surface area contributed by atoms with Gasteiger partial charge in [0.05, 0.1) is 15.9 Å². The summed E-state index contributed by atoms with van der Waals surface area (Å²) in [5.74, 6) is 0.0636. The molecule has 0 aromatic carbocycles. The topological polar surface area (TPSA) is 76.4 Å². The number of oxime groups is 1. The number of nitrogens with two attached hydrogens (primary N) is 1. The minimum absolute atomic E-state index is 0.0636. The van der Waals surface area contributed by atoms with Crippen LogP contribution in [0.3, 0.4) is 0 Å². The smallest absolute Gasteiger partial charge is 0.187 e. The molecule has 5 nitrogen and oxygen atoms in total. The Morgan fingerprint density at radius 1 is 1.50 bits per heavy atom. The van der Waals surface area contributed by atoms with Crippen molar-refractivity contribution in [1.29, 1.82) is 0 Å². The molecule has 0 aliphatic carbocycles. The van der Waals surface area contributed by atoms with Gasteiger partial charge in [-0.15, -0.1) is 0 Å². The molecule has 0 unspecified atom stereocenters. The van der Waals surface area contributed by atoms with E-state index < -0.39 is 0 Å². The summed E-state index contributed by atoms with van der Waals surface area (Å²) in [6.45, 7) is 0. The molecule has 6 heteroatoms. The maximum atomic E-state index is 8.67. The van der Waals surface area contributed by atoms with Gasteiger partial charge in [0.15, 0.2) is 5.84 Å². The highest BCUT2D eigenvalue weighted by Crippen LogP contribution is 2.21. The van der Waals surface area contributed by atoms with Crippen LogP contribution < -0.4 is 5.73 Å². The van der Waals surface area contributed by atoms with Gasteiger partial charge in [0, 0.05) is 18.6 Å². The Morgan fingerprint density at radius 3 is 3.00 bits per heavy atom. The quantitative estimate of drug-likeness (QED) is 0.381. The van der Waals surface area contributed by atoms with Gasteiger partial charge in [0.25, 0.3) is 0 Å². The first-order chi connectivity index (χ1) is 7.74. The number of nitrogens with zero attached hydrogens (tertiary/aromatic N) is 3. The van der Waals surface area contributed by atoms with Gasteiger partial charge in [0.2, 0.25) is 0 Å². The second kappa shape index (κ2) is 4.36. The first kappa shape index (κ1) is 10.7. The summed E-state index contributed by atoms with van der Waals surface area (Å²) in [7, 11) is 0. The van der Waals surface area contributed by atoms with Crippen LogP contribution in [0.1, 0.15) is 5.69 Å². The average Bonchev–Trinajstić information content (AvgIpc) is 2.77. The predicted octanol–water partition coefficient (Wildman–Crippen LogP) is 1.73. The number of hydrogen-bond acceptors (Lipinski definition) is 3. The molecule has 0 amide bonds. The van der Waals surface area contributed by atoms with Gasteiger partial charge < -0.3 is 15.5 Å². The van der Waals surface area contributed by atoms with E-state index in [0.717, 1.165) is 10.2 Å². The SMILES string of the molecule is N/C(=N/O)c1cccn1-c1ccncc1Br. The Bertz CT molecular complexity index is 535. The standard InChI is InChI=1S/C10H9BrN4O/c11-7-6-13-4-3-8(7)15-5-1-2-9(15)10(12)14-16/h1-6,16H,(H2,12,14). The number of pyridine rings is 1. The molecular weight excluding hydrogens is 272 g/mol. The van der Waals surface area contributed by atoms with Crippen molar-refractivity contribution >= 4 is 21.8 Å². The second-order valence-electron chi connectivity index (χ2n) is 3.08. The van der Waals surface area contributed by atoms with E-state index in [1.165, 1.54) is 0 Å². The molecule has 16 heavy (non-hydrogen) atoms. The highest BCUT2D eigenvalue weighted by molar-refractivity contribution is 9.10. The fourth-order valence-electron chi connectivity index (χ4n) is 1.41. The van der Waals surface area contributed by atoms with Crippen LogP contribution >= 0.6 is 15.9 Å². The molecule has 2 aromatic heterocycles. The van der Waals surface area contributed by atoms with Crippen LogP contribution in [0.2, 0.25) is 0 Å². The molecule has 0 radical (unpaired) electrons. The number of rotatable bonds is 2. The monoisotopic (exact) mass is 280 g/mol. The third-order valence-electron chi connectivity index (χ3n) is 2.13. The largest absolute Gasteiger partial charge is 0.409 e. The molecule has 2 aromatic rings. The molecule has 0 saturated heterocycles. The Balaban J connectivity index is 2.58. The molecule has 3 N–H and O–H groups in total. The maximum Gasteiger partial charge on any atom is 0.187 e. The molecule has 2 heterocycles. The van der Waals surface area contributed by atoms with Gasteiger partial charge in [0.1, 0.15) is 0 Å². The zero-order valence-corrected chi connectivity index (χ0v) is 9.79. The number of amidine groups is 1. The van der Waals surface area contributed by atoms with Gasteiger partial charge in [-0.1, -0.05) is 5.16 Å². The number of aromatic nitrogens is 2.